The lowest BCUT2D eigenvalue weighted by Crippen LogP contribution is -2.22. The van der Waals surface area contributed by atoms with E-state index >= 15 is 0 Å². The van der Waals surface area contributed by atoms with Gasteiger partial charge in [-0.25, -0.2) is 0 Å². The van der Waals surface area contributed by atoms with E-state index in [0.717, 1.165) is 15.9 Å². The van der Waals surface area contributed by atoms with Crippen molar-refractivity contribution in [2.75, 3.05) is 0 Å². The van der Waals surface area contributed by atoms with E-state index in [1.807, 2.05) is 30.3 Å². The van der Waals surface area contributed by atoms with Crippen LogP contribution in [0.25, 0.3) is 0 Å². The number of hydrogen-bond donors (Lipinski definition) is 1. The molecule has 2 atom stereocenters. The lowest BCUT2D eigenvalue weighted by Gasteiger charge is -2.19. The molecule has 0 aliphatic carbocycles. The second-order valence-electron chi connectivity index (χ2n) is 6.24. The van der Waals surface area contributed by atoms with Crippen LogP contribution in [0.2, 0.25) is 5.02 Å². The van der Waals surface area contributed by atoms with Gasteiger partial charge in [0.25, 0.3) is 0 Å². The first kappa shape index (κ1) is 17.2. The van der Waals surface area contributed by atoms with Gasteiger partial charge in [-0.05, 0) is 28.8 Å². The van der Waals surface area contributed by atoms with Crippen molar-refractivity contribution in [2.45, 2.75) is 17.8 Å². The highest BCUT2D eigenvalue weighted by Gasteiger charge is 2.31. The average Bonchev–Trinajstić information content (AvgIpc) is 3.12. The van der Waals surface area contributed by atoms with Crippen LogP contribution in [0.3, 0.4) is 0 Å². The monoisotopic (exact) mass is 378 g/mol. The molecule has 0 amide bonds. The van der Waals surface area contributed by atoms with Gasteiger partial charge in [-0.15, -0.1) is 0 Å². The minimum atomic E-state index is 0.0838. The summed E-state index contributed by atoms with van der Waals surface area (Å²) in [5.41, 5.74) is 3.68. The van der Waals surface area contributed by atoms with Crippen molar-refractivity contribution < 1.29 is 0 Å². The fourth-order valence-corrected chi connectivity index (χ4v) is 4.24. The van der Waals surface area contributed by atoms with E-state index in [1.165, 1.54) is 16.7 Å². The number of halogens is 1. The maximum Gasteiger partial charge on any atom is 0.158 e. The van der Waals surface area contributed by atoms with Gasteiger partial charge >= 0.3 is 0 Å². The fraction of sp³-hybridized carbons (Fsp3) is 0.136. The van der Waals surface area contributed by atoms with Gasteiger partial charge in [0.2, 0.25) is 0 Å². The van der Waals surface area contributed by atoms with Crippen molar-refractivity contribution in [1.82, 2.24) is 5.32 Å². The maximum absolute atomic E-state index is 6.09. The average molecular weight is 379 g/mol. The molecular weight excluding hydrogens is 360 g/mol. The summed E-state index contributed by atoms with van der Waals surface area (Å²) in [6, 6.07) is 29.2. The van der Waals surface area contributed by atoms with Crippen molar-refractivity contribution in [1.29, 1.82) is 0 Å². The summed E-state index contributed by atoms with van der Waals surface area (Å²) in [6.07, 6.45) is 0. The van der Waals surface area contributed by atoms with E-state index in [0.29, 0.717) is 0 Å². The molecule has 2 unspecified atom stereocenters. The van der Waals surface area contributed by atoms with E-state index in [2.05, 4.69) is 59.9 Å². The lowest BCUT2D eigenvalue weighted by molar-refractivity contribution is 0.573. The zero-order chi connectivity index (χ0) is 17.8. The van der Waals surface area contributed by atoms with Gasteiger partial charge in [0.05, 0.1) is 6.04 Å². The van der Waals surface area contributed by atoms with Crippen LogP contribution >= 0.6 is 23.4 Å². The molecule has 0 aromatic heterocycles. The van der Waals surface area contributed by atoms with Crippen molar-refractivity contribution in [2.24, 2.45) is 4.99 Å². The first-order valence-electron chi connectivity index (χ1n) is 8.61. The third-order valence-electron chi connectivity index (χ3n) is 4.42. The third kappa shape index (κ3) is 3.95. The second-order valence-corrected chi connectivity index (χ2v) is 7.64. The number of nitrogens with one attached hydrogen (secondary N) is 1. The minimum absolute atomic E-state index is 0.0838. The molecular formula is C22H19ClN2S. The van der Waals surface area contributed by atoms with Gasteiger partial charge in [0.1, 0.15) is 6.04 Å². The molecule has 1 aliphatic heterocycles. The zero-order valence-electron chi connectivity index (χ0n) is 14.2. The van der Waals surface area contributed by atoms with Crippen LogP contribution in [0.5, 0.6) is 0 Å². The molecule has 0 saturated heterocycles. The first-order valence-corrected chi connectivity index (χ1v) is 9.97. The van der Waals surface area contributed by atoms with Crippen LogP contribution in [0.1, 0.15) is 28.8 Å². The number of amidine groups is 1. The van der Waals surface area contributed by atoms with Crippen LogP contribution in [0.15, 0.2) is 89.9 Å². The Morgan fingerprint density at radius 3 is 2.23 bits per heavy atom. The van der Waals surface area contributed by atoms with Gasteiger partial charge in [0, 0.05) is 10.8 Å². The van der Waals surface area contributed by atoms with Crippen molar-refractivity contribution in [3.63, 3.8) is 0 Å². The SMILES string of the molecule is Clc1cccc(CSC2=NC(c3ccccc3)C(c3ccccc3)N2)c1. The van der Waals surface area contributed by atoms with Crippen molar-refractivity contribution in [3.8, 4) is 0 Å². The summed E-state index contributed by atoms with van der Waals surface area (Å²) in [6.45, 7) is 0. The zero-order valence-corrected chi connectivity index (χ0v) is 15.8. The Morgan fingerprint density at radius 2 is 1.54 bits per heavy atom. The predicted octanol–water partition coefficient (Wildman–Crippen LogP) is 6.02. The predicted molar refractivity (Wildman–Crippen MR) is 112 cm³/mol. The highest BCUT2D eigenvalue weighted by atomic mass is 35.5. The largest absolute Gasteiger partial charge is 0.356 e. The van der Waals surface area contributed by atoms with Crippen LogP contribution in [0.4, 0.5) is 0 Å². The molecule has 1 heterocycles. The molecule has 26 heavy (non-hydrogen) atoms. The van der Waals surface area contributed by atoms with E-state index in [4.69, 9.17) is 16.6 Å². The number of nitrogens with zero attached hydrogens (tertiary/aromatic N) is 1. The maximum atomic E-state index is 6.09. The lowest BCUT2D eigenvalue weighted by atomic mass is 9.95. The quantitative estimate of drug-likeness (QED) is 0.600. The molecule has 4 rings (SSSR count). The Balaban J connectivity index is 1.56. The summed E-state index contributed by atoms with van der Waals surface area (Å²) in [7, 11) is 0. The molecule has 0 bridgehead atoms. The Morgan fingerprint density at radius 1 is 0.846 bits per heavy atom. The van der Waals surface area contributed by atoms with Crippen LogP contribution < -0.4 is 5.32 Å². The van der Waals surface area contributed by atoms with Crippen molar-refractivity contribution >= 4 is 28.5 Å². The number of aliphatic imine (C=N–C) groups is 1. The molecule has 1 aliphatic rings. The number of rotatable bonds is 4. The highest BCUT2D eigenvalue weighted by Crippen LogP contribution is 2.38. The molecule has 0 radical (unpaired) electrons. The van der Waals surface area contributed by atoms with E-state index < -0.39 is 0 Å². The van der Waals surface area contributed by atoms with Gasteiger partial charge in [-0.3, -0.25) is 4.99 Å². The molecule has 0 spiro atoms. The Bertz CT molecular complexity index is 896. The van der Waals surface area contributed by atoms with Gasteiger partial charge < -0.3 is 5.32 Å². The van der Waals surface area contributed by atoms with E-state index in [-0.39, 0.29) is 12.1 Å². The first-order chi connectivity index (χ1) is 12.8. The van der Waals surface area contributed by atoms with Gasteiger partial charge in [-0.1, -0.05) is 96.2 Å². The smallest absolute Gasteiger partial charge is 0.158 e. The summed E-state index contributed by atoms with van der Waals surface area (Å²) in [5.74, 6) is 0.843. The molecule has 3 aromatic rings. The highest BCUT2D eigenvalue weighted by molar-refractivity contribution is 8.13. The Labute approximate surface area is 163 Å². The van der Waals surface area contributed by atoms with Crippen molar-refractivity contribution in [3.05, 3.63) is 107 Å². The van der Waals surface area contributed by atoms with E-state index in [1.54, 1.807) is 11.8 Å². The van der Waals surface area contributed by atoms with Crippen LogP contribution in [-0.2, 0) is 5.75 Å². The normalized spacial score (nSPS) is 19.0. The van der Waals surface area contributed by atoms with Gasteiger partial charge in [-0.2, -0.15) is 0 Å². The van der Waals surface area contributed by atoms with Crippen LogP contribution in [0, 0.1) is 0 Å². The summed E-state index contributed by atoms with van der Waals surface area (Å²) in [4.78, 5) is 4.99. The molecule has 1 N–H and O–H groups in total. The molecule has 0 saturated carbocycles. The number of benzene rings is 3. The Hall–Kier alpha value is -2.23. The summed E-state index contributed by atoms with van der Waals surface area (Å²) in [5, 5.41) is 5.37. The molecule has 2 nitrogen and oxygen atoms in total. The molecule has 130 valence electrons. The third-order valence-corrected chi connectivity index (χ3v) is 5.62. The minimum Gasteiger partial charge on any atom is -0.356 e. The number of thioether (sulfide) groups is 1. The topological polar surface area (TPSA) is 24.4 Å². The number of hydrogen-bond acceptors (Lipinski definition) is 3. The van der Waals surface area contributed by atoms with Crippen LogP contribution in [-0.4, -0.2) is 5.17 Å². The second kappa shape index (κ2) is 7.98. The molecule has 0 fully saturated rings. The molecule has 4 heteroatoms. The molecule has 3 aromatic carbocycles. The summed E-state index contributed by atoms with van der Waals surface area (Å²) < 4.78 is 0. The standard InChI is InChI=1S/C22H19ClN2S/c23-19-13-7-8-16(14-19)15-26-22-24-20(17-9-3-1-4-10-17)21(25-22)18-11-5-2-6-12-18/h1-14,20-21H,15H2,(H,24,25). The Kier molecular flexibility index (Phi) is 5.28. The summed E-state index contributed by atoms with van der Waals surface area (Å²) >= 11 is 7.81. The fourth-order valence-electron chi connectivity index (χ4n) is 3.15. The van der Waals surface area contributed by atoms with Gasteiger partial charge in [0.15, 0.2) is 5.17 Å². The van der Waals surface area contributed by atoms with E-state index in [9.17, 15) is 0 Å².